The van der Waals surface area contributed by atoms with Gasteiger partial charge in [-0.25, -0.2) is 4.39 Å². The Morgan fingerprint density at radius 2 is 2.00 bits per heavy atom. The van der Waals surface area contributed by atoms with Crippen LogP contribution in [-0.4, -0.2) is 10.2 Å². The van der Waals surface area contributed by atoms with Crippen LogP contribution in [0.2, 0.25) is 0 Å². The number of hydrogen-bond donors (Lipinski definition) is 0. The molecule has 4 aromatic rings. The van der Waals surface area contributed by atoms with E-state index in [1.807, 2.05) is 47.2 Å². The van der Waals surface area contributed by atoms with Crippen LogP contribution in [0.25, 0.3) is 23.3 Å². The Bertz CT molecular complexity index is 1090. The van der Waals surface area contributed by atoms with Crippen molar-refractivity contribution >= 4 is 39.4 Å². The van der Waals surface area contributed by atoms with E-state index in [9.17, 15) is 4.39 Å². The van der Waals surface area contributed by atoms with Crippen molar-refractivity contribution in [3.63, 3.8) is 0 Å². The molecule has 0 aliphatic rings. The van der Waals surface area contributed by atoms with Crippen LogP contribution in [0.3, 0.4) is 0 Å². The van der Waals surface area contributed by atoms with Crippen LogP contribution in [-0.2, 0) is 6.42 Å². The van der Waals surface area contributed by atoms with Gasteiger partial charge in [-0.3, -0.25) is 0 Å². The van der Waals surface area contributed by atoms with E-state index >= 15 is 0 Å². The standard InChI is InChI=1S/C21H14BrFN2OS/c22-17-3-1-2-14(10-17)11-21-25-24-20(26-21)7-5-15-4-6-18(23)12-19(15)16-8-9-27-13-16/h1-10,12-13H,11H2. The lowest BCUT2D eigenvalue weighted by Crippen LogP contribution is -1.87. The van der Waals surface area contributed by atoms with Gasteiger partial charge in [0.1, 0.15) is 5.82 Å². The number of benzene rings is 2. The van der Waals surface area contributed by atoms with Gasteiger partial charge in [0.2, 0.25) is 11.8 Å². The molecular formula is C21H14BrFN2OS. The van der Waals surface area contributed by atoms with Crippen LogP contribution in [0, 0.1) is 5.82 Å². The van der Waals surface area contributed by atoms with E-state index in [4.69, 9.17) is 4.42 Å². The molecule has 0 bridgehead atoms. The maximum absolute atomic E-state index is 13.7. The summed E-state index contributed by atoms with van der Waals surface area (Å²) in [7, 11) is 0. The first-order valence-electron chi connectivity index (χ1n) is 8.24. The first-order chi connectivity index (χ1) is 13.2. The summed E-state index contributed by atoms with van der Waals surface area (Å²) in [4.78, 5) is 0. The lowest BCUT2D eigenvalue weighted by Gasteiger charge is -2.04. The highest BCUT2D eigenvalue weighted by Gasteiger charge is 2.08. The summed E-state index contributed by atoms with van der Waals surface area (Å²) in [6, 6.07) is 14.7. The molecule has 2 heterocycles. The summed E-state index contributed by atoms with van der Waals surface area (Å²) in [6.07, 6.45) is 4.18. The van der Waals surface area contributed by atoms with Crippen molar-refractivity contribution in [1.29, 1.82) is 0 Å². The minimum Gasteiger partial charge on any atom is -0.421 e. The zero-order valence-corrected chi connectivity index (χ0v) is 16.5. The molecular weight excluding hydrogens is 427 g/mol. The van der Waals surface area contributed by atoms with E-state index in [1.54, 1.807) is 23.5 Å². The molecule has 2 aromatic heterocycles. The van der Waals surface area contributed by atoms with Crippen LogP contribution in [0.5, 0.6) is 0 Å². The average Bonchev–Trinajstić information content (AvgIpc) is 3.33. The summed E-state index contributed by atoms with van der Waals surface area (Å²) in [5.41, 5.74) is 3.80. The van der Waals surface area contributed by atoms with Crippen molar-refractivity contribution in [1.82, 2.24) is 10.2 Å². The van der Waals surface area contributed by atoms with Crippen molar-refractivity contribution < 1.29 is 8.81 Å². The molecule has 0 N–H and O–H groups in total. The van der Waals surface area contributed by atoms with Crippen LogP contribution < -0.4 is 0 Å². The normalized spacial score (nSPS) is 11.3. The zero-order chi connectivity index (χ0) is 18.6. The predicted octanol–water partition coefficient (Wildman–Crippen LogP) is 6.46. The smallest absolute Gasteiger partial charge is 0.240 e. The van der Waals surface area contributed by atoms with Gasteiger partial charge < -0.3 is 4.42 Å². The number of aromatic nitrogens is 2. The number of rotatable bonds is 5. The third-order valence-electron chi connectivity index (χ3n) is 3.98. The number of thiophene rings is 1. The molecule has 0 radical (unpaired) electrons. The summed E-state index contributed by atoms with van der Waals surface area (Å²) >= 11 is 5.03. The lowest BCUT2D eigenvalue weighted by atomic mass is 10.0. The van der Waals surface area contributed by atoms with Crippen molar-refractivity contribution in [3.8, 4) is 11.1 Å². The topological polar surface area (TPSA) is 38.9 Å². The second kappa shape index (κ2) is 7.98. The van der Waals surface area contributed by atoms with Gasteiger partial charge in [0.05, 0.1) is 6.42 Å². The maximum atomic E-state index is 13.7. The van der Waals surface area contributed by atoms with Gasteiger partial charge in [-0.1, -0.05) is 34.1 Å². The highest BCUT2D eigenvalue weighted by atomic mass is 79.9. The third-order valence-corrected chi connectivity index (χ3v) is 5.16. The molecule has 0 saturated heterocycles. The second-order valence-corrected chi connectivity index (χ2v) is 7.61. The van der Waals surface area contributed by atoms with E-state index in [-0.39, 0.29) is 5.82 Å². The van der Waals surface area contributed by atoms with Gasteiger partial charge in [-0.15, -0.1) is 10.2 Å². The summed E-state index contributed by atoms with van der Waals surface area (Å²) in [5, 5.41) is 12.1. The molecule has 3 nitrogen and oxygen atoms in total. The molecule has 0 fully saturated rings. The van der Waals surface area contributed by atoms with Crippen LogP contribution in [0.1, 0.15) is 22.9 Å². The van der Waals surface area contributed by atoms with Crippen molar-refractivity contribution in [2.24, 2.45) is 0 Å². The summed E-state index contributed by atoms with van der Waals surface area (Å²) < 4.78 is 20.4. The fraction of sp³-hybridized carbons (Fsp3) is 0.0476. The minimum atomic E-state index is -0.262. The van der Waals surface area contributed by atoms with Gasteiger partial charge >= 0.3 is 0 Å². The molecule has 0 unspecified atom stereocenters. The first-order valence-corrected chi connectivity index (χ1v) is 9.98. The quantitative estimate of drug-likeness (QED) is 0.357. The molecule has 6 heteroatoms. The predicted molar refractivity (Wildman–Crippen MR) is 110 cm³/mol. The minimum absolute atomic E-state index is 0.262. The van der Waals surface area contributed by atoms with E-state index < -0.39 is 0 Å². The zero-order valence-electron chi connectivity index (χ0n) is 14.1. The van der Waals surface area contributed by atoms with Crippen molar-refractivity contribution in [2.75, 3.05) is 0 Å². The highest BCUT2D eigenvalue weighted by molar-refractivity contribution is 9.10. The molecule has 4 rings (SSSR count). The van der Waals surface area contributed by atoms with Crippen molar-refractivity contribution in [3.05, 3.63) is 92.5 Å². The van der Waals surface area contributed by atoms with Crippen molar-refractivity contribution in [2.45, 2.75) is 6.42 Å². The molecule has 0 amide bonds. The first kappa shape index (κ1) is 17.8. The van der Waals surface area contributed by atoms with Crippen LogP contribution in [0.15, 0.2) is 68.2 Å². The SMILES string of the molecule is Fc1ccc(C=Cc2nnc(Cc3cccc(Br)c3)o2)c(-c2ccsc2)c1. The fourth-order valence-corrected chi connectivity index (χ4v) is 3.83. The largest absolute Gasteiger partial charge is 0.421 e. The van der Waals surface area contributed by atoms with Gasteiger partial charge in [-0.05, 0) is 69.4 Å². The molecule has 134 valence electrons. The maximum Gasteiger partial charge on any atom is 0.240 e. The van der Waals surface area contributed by atoms with Crippen LogP contribution >= 0.6 is 27.3 Å². The number of nitrogens with zero attached hydrogens (tertiary/aromatic N) is 2. The molecule has 0 aliphatic heterocycles. The molecule has 0 saturated carbocycles. The van der Waals surface area contributed by atoms with E-state index in [1.165, 1.54) is 12.1 Å². The number of hydrogen-bond acceptors (Lipinski definition) is 4. The lowest BCUT2D eigenvalue weighted by molar-refractivity contribution is 0.496. The molecule has 0 spiro atoms. The molecule has 0 aliphatic carbocycles. The third kappa shape index (κ3) is 4.40. The summed E-state index contributed by atoms with van der Waals surface area (Å²) in [6.45, 7) is 0. The van der Waals surface area contributed by atoms with Gasteiger partial charge in [0.15, 0.2) is 0 Å². The Balaban J connectivity index is 1.55. The monoisotopic (exact) mass is 440 g/mol. The van der Waals surface area contributed by atoms with E-state index in [2.05, 4.69) is 26.1 Å². The van der Waals surface area contributed by atoms with Gasteiger partial charge in [0, 0.05) is 10.5 Å². The fourth-order valence-electron chi connectivity index (χ4n) is 2.73. The van der Waals surface area contributed by atoms with Gasteiger partial charge in [-0.2, -0.15) is 11.3 Å². The Morgan fingerprint density at radius 1 is 1.07 bits per heavy atom. The highest BCUT2D eigenvalue weighted by Crippen LogP contribution is 2.28. The molecule has 0 atom stereocenters. The Labute approximate surface area is 168 Å². The van der Waals surface area contributed by atoms with E-state index in [0.717, 1.165) is 26.7 Å². The average molecular weight is 441 g/mol. The number of halogens is 2. The Kier molecular flexibility index (Phi) is 5.27. The molecule has 27 heavy (non-hydrogen) atoms. The molecule has 2 aromatic carbocycles. The second-order valence-electron chi connectivity index (χ2n) is 5.92. The summed E-state index contributed by atoms with van der Waals surface area (Å²) in [5.74, 6) is 0.702. The Morgan fingerprint density at radius 3 is 2.81 bits per heavy atom. The van der Waals surface area contributed by atoms with Gasteiger partial charge in [0.25, 0.3) is 0 Å². The van der Waals surface area contributed by atoms with Crippen LogP contribution in [0.4, 0.5) is 4.39 Å². The van der Waals surface area contributed by atoms with E-state index in [0.29, 0.717) is 18.2 Å². The Hall–Kier alpha value is -2.57.